The molecule has 2 aromatic rings. The lowest BCUT2D eigenvalue weighted by molar-refractivity contribution is -0.122. The zero-order valence-corrected chi connectivity index (χ0v) is 17.2. The maximum absolute atomic E-state index is 12.7. The van der Waals surface area contributed by atoms with Crippen molar-refractivity contribution >= 4 is 50.7 Å². The summed E-state index contributed by atoms with van der Waals surface area (Å²) in [7, 11) is 0. The molecule has 0 N–H and O–H groups in total. The molecule has 142 valence electrons. The number of nitrogens with zero attached hydrogens (tertiary/aromatic N) is 1. The zero-order valence-electron chi connectivity index (χ0n) is 14.8. The van der Waals surface area contributed by atoms with Crippen molar-refractivity contribution in [2.75, 3.05) is 13.2 Å². The summed E-state index contributed by atoms with van der Waals surface area (Å²) < 4.78 is 6.41. The van der Waals surface area contributed by atoms with Crippen LogP contribution < -0.4 is 4.74 Å². The van der Waals surface area contributed by atoms with Gasteiger partial charge in [0.2, 0.25) is 0 Å². The SMILES string of the molecule is C=CCOc1ccc(Br)cc1/C=C1/SC(=O)N(CC(=O)c2ccccc2)C1=O. The van der Waals surface area contributed by atoms with Crippen molar-refractivity contribution in [1.29, 1.82) is 0 Å². The standard InChI is InChI=1S/C21H16BrNO4S/c1-2-10-27-18-9-8-16(22)11-15(18)12-19-20(25)23(21(26)28-19)13-17(24)14-6-4-3-5-7-14/h2-9,11-12H,1,10,13H2/b19-12+. The number of halogens is 1. The molecular formula is C21H16BrNO4S. The molecule has 1 heterocycles. The minimum Gasteiger partial charge on any atom is -0.489 e. The van der Waals surface area contributed by atoms with E-state index in [2.05, 4.69) is 22.5 Å². The molecule has 7 heteroatoms. The molecule has 0 atom stereocenters. The molecule has 0 unspecified atom stereocenters. The van der Waals surface area contributed by atoms with Gasteiger partial charge in [0.1, 0.15) is 12.4 Å². The van der Waals surface area contributed by atoms with Crippen LogP contribution in [0.15, 0.2) is 70.6 Å². The molecule has 28 heavy (non-hydrogen) atoms. The van der Waals surface area contributed by atoms with Gasteiger partial charge in [-0.15, -0.1) is 0 Å². The van der Waals surface area contributed by atoms with Gasteiger partial charge >= 0.3 is 0 Å². The third kappa shape index (κ3) is 4.61. The number of hydrogen-bond acceptors (Lipinski definition) is 5. The highest BCUT2D eigenvalue weighted by atomic mass is 79.9. The minimum absolute atomic E-state index is 0.243. The lowest BCUT2D eigenvalue weighted by Crippen LogP contribution is -2.33. The first-order chi connectivity index (χ1) is 13.5. The van der Waals surface area contributed by atoms with Crippen molar-refractivity contribution in [3.63, 3.8) is 0 Å². The van der Waals surface area contributed by atoms with Crippen LogP contribution in [0.25, 0.3) is 6.08 Å². The third-order valence-electron chi connectivity index (χ3n) is 3.89. The molecule has 1 fully saturated rings. The van der Waals surface area contributed by atoms with Gasteiger partial charge in [-0.2, -0.15) is 0 Å². The van der Waals surface area contributed by atoms with E-state index in [1.54, 1.807) is 54.6 Å². The van der Waals surface area contributed by atoms with E-state index < -0.39 is 11.1 Å². The summed E-state index contributed by atoms with van der Waals surface area (Å²) >= 11 is 4.20. The molecule has 0 saturated carbocycles. The van der Waals surface area contributed by atoms with Crippen molar-refractivity contribution in [3.8, 4) is 5.75 Å². The Morgan fingerprint density at radius 1 is 1.18 bits per heavy atom. The first-order valence-electron chi connectivity index (χ1n) is 8.36. The number of rotatable bonds is 7. The molecule has 0 aromatic heterocycles. The second kappa shape index (κ2) is 9.03. The molecule has 1 saturated heterocycles. The van der Waals surface area contributed by atoms with Crippen molar-refractivity contribution in [3.05, 3.63) is 81.7 Å². The fourth-order valence-electron chi connectivity index (χ4n) is 2.55. The number of carbonyl (C=O) groups excluding carboxylic acids is 3. The number of ketones is 1. The number of imide groups is 1. The summed E-state index contributed by atoms with van der Waals surface area (Å²) in [6, 6.07) is 14.0. The van der Waals surface area contributed by atoms with E-state index in [1.807, 2.05) is 6.07 Å². The highest BCUT2D eigenvalue weighted by molar-refractivity contribution is 9.10. The number of Topliss-reactive ketones (excluding diaryl/α,β-unsaturated/α-hetero) is 1. The molecule has 0 bridgehead atoms. The Kier molecular flexibility index (Phi) is 6.49. The zero-order chi connectivity index (χ0) is 20.1. The smallest absolute Gasteiger partial charge is 0.293 e. The van der Waals surface area contributed by atoms with Gasteiger partial charge in [-0.05, 0) is 36.0 Å². The summed E-state index contributed by atoms with van der Waals surface area (Å²) in [5, 5.41) is -0.468. The molecule has 0 aliphatic carbocycles. The van der Waals surface area contributed by atoms with E-state index in [0.29, 0.717) is 23.5 Å². The average molecular weight is 458 g/mol. The molecule has 0 radical (unpaired) electrons. The van der Waals surface area contributed by atoms with Crippen LogP contribution in [0.3, 0.4) is 0 Å². The Labute approximate surface area is 175 Å². The van der Waals surface area contributed by atoms with Gasteiger partial charge in [-0.25, -0.2) is 0 Å². The Morgan fingerprint density at radius 3 is 2.64 bits per heavy atom. The van der Waals surface area contributed by atoms with E-state index >= 15 is 0 Å². The van der Waals surface area contributed by atoms with Crippen molar-refractivity contribution in [2.45, 2.75) is 0 Å². The Hall–Kier alpha value is -2.64. The Bertz CT molecular complexity index is 972. The lowest BCUT2D eigenvalue weighted by Gasteiger charge is -2.11. The second-order valence-corrected chi connectivity index (χ2v) is 7.75. The predicted octanol–water partition coefficient (Wildman–Crippen LogP) is 4.93. The normalized spacial score (nSPS) is 15.2. The average Bonchev–Trinajstić information content (AvgIpc) is 2.95. The minimum atomic E-state index is -0.492. The summed E-state index contributed by atoms with van der Waals surface area (Å²) in [5.74, 6) is -0.217. The van der Waals surface area contributed by atoms with Crippen molar-refractivity contribution in [2.24, 2.45) is 0 Å². The first-order valence-corrected chi connectivity index (χ1v) is 9.97. The number of carbonyl (C=O) groups is 3. The van der Waals surface area contributed by atoms with Crippen molar-refractivity contribution in [1.82, 2.24) is 4.90 Å². The largest absolute Gasteiger partial charge is 0.489 e. The van der Waals surface area contributed by atoms with Gasteiger partial charge in [0.15, 0.2) is 5.78 Å². The van der Waals surface area contributed by atoms with Gasteiger partial charge in [-0.3, -0.25) is 19.3 Å². The third-order valence-corrected chi connectivity index (χ3v) is 5.29. The van der Waals surface area contributed by atoms with Crippen LogP contribution in [-0.2, 0) is 4.79 Å². The molecule has 0 spiro atoms. The van der Waals surface area contributed by atoms with Gasteiger partial charge in [-0.1, -0.05) is 58.9 Å². The Morgan fingerprint density at radius 2 is 1.93 bits per heavy atom. The van der Waals surface area contributed by atoms with Crippen LogP contribution in [0, 0.1) is 0 Å². The maximum Gasteiger partial charge on any atom is 0.293 e. The number of amides is 2. The van der Waals surface area contributed by atoms with E-state index in [0.717, 1.165) is 21.1 Å². The number of thioether (sulfide) groups is 1. The van der Waals surface area contributed by atoms with Crippen LogP contribution in [0.4, 0.5) is 4.79 Å². The topological polar surface area (TPSA) is 63.7 Å². The maximum atomic E-state index is 12.7. The predicted molar refractivity (Wildman–Crippen MR) is 113 cm³/mol. The van der Waals surface area contributed by atoms with E-state index in [4.69, 9.17) is 4.74 Å². The van der Waals surface area contributed by atoms with Crippen LogP contribution in [0.5, 0.6) is 5.75 Å². The number of ether oxygens (including phenoxy) is 1. The van der Waals surface area contributed by atoms with E-state index in [9.17, 15) is 14.4 Å². The Balaban J connectivity index is 1.82. The van der Waals surface area contributed by atoms with Crippen molar-refractivity contribution < 1.29 is 19.1 Å². The van der Waals surface area contributed by atoms with E-state index in [1.165, 1.54) is 0 Å². The molecular weight excluding hydrogens is 442 g/mol. The fourth-order valence-corrected chi connectivity index (χ4v) is 3.76. The fraction of sp³-hybridized carbons (Fsp3) is 0.0952. The molecule has 1 aliphatic heterocycles. The van der Waals surface area contributed by atoms with Crippen LogP contribution in [0.1, 0.15) is 15.9 Å². The lowest BCUT2D eigenvalue weighted by atomic mass is 10.1. The van der Waals surface area contributed by atoms with Gasteiger partial charge in [0.25, 0.3) is 11.1 Å². The molecule has 2 amide bonds. The van der Waals surface area contributed by atoms with Crippen LogP contribution >= 0.6 is 27.7 Å². The summed E-state index contributed by atoms with van der Waals surface area (Å²) in [5.41, 5.74) is 1.11. The number of hydrogen-bond donors (Lipinski definition) is 0. The molecule has 1 aliphatic rings. The number of benzene rings is 2. The second-order valence-electron chi connectivity index (χ2n) is 5.84. The van der Waals surface area contributed by atoms with Gasteiger partial charge < -0.3 is 4.74 Å². The van der Waals surface area contributed by atoms with Crippen LogP contribution in [-0.4, -0.2) is 35.0 Å². The summed E-state index contributed by atoms with van der Waals surface area (Å²) in [6.45, 7) is 3.65. The molecule has 5 nitrogen and oxygen atoms in total. The highest BCUT2D eigenvalue weighted by Gasteiger charge is 2.36. The van der Waals surface area contributed by atoms with Crippen LogP contribution in [0.2, 0.25) is 0 Å². The van der Waals surface area contributed by atoms with Gasteiger partial charge in [0, 0.05) is 15.6 Å². The molecule has 2 aromatic carbocycles. The van der Waals surface area contributed by atoms with E-state index in [-0.39, 0.29) is 17.2 Å². The molecule has 3 rings (SSSR count). The highest BCUT2D eigenvalue weighted by Crippen LogP contribution is 2.35. The van der Waals surface area contributed by atoms with Gasteiger partial charge in [0.05, 0.1) is 11.4 Å². The monoisotopic (exact) mass is 457 g/mol. The summed E-state index contributed by atoms with van der Waals surface area (Å²) in [6.07, 6.45) is 3.22. The quantitative estimate of drug-likeness (QED) is 0.335. The first kappa shape index (κ1) is 20.1. The summed E-state index contributed by atoms with van der Waals surface area (Å²) in [4.78, 5) is 38.6.